The summed E-state index contributed by atoms with van der Waals surface area (Å²) in [6, 6.07) is 4.21. The molecule has 2 aromatic rings. The monoisotopic (exact) mass is 360 g/mol. The summed E-state index contributed by atoms with van der Waals surface area (Å²) in [6.45, 7) is 0.889. The van der Waals surface area contributed by atoms with Crippen molar-refractivity contribution in [3.05, 3.63) is 43.7 Å². The van der Waals surface area contributed by atoms with Crippen LogP contribution >= 0.6 is 43.2 Å². The van der Waals surface area contributed by atoms with Crippen LogP contribution < -0.4 is 4.90 Å². The van der Waals surface area contributed by atoms with Crippen LogP contribution in [0.4, 0.5) is 5.69 Å². The molecule has 84 valence electrons. The predicted octanol–water partition coefficient (Wildman–Crippen LogP) is 4.30. The van der Waals surface area contributed by atoms with Gasteiger partial charge in [0.05, 0.1) is 15.7 Å². The van der Waals surface area contributed by atoms with E-state index in [0.717, 1.165) is 16.7 Å². The second-order valence-electron chi connectivity index (χ2n) is 3.48. The van der Waals surface area contributed by atoms with Crippen LogP contribution in [0.1, 0.15) is 5.56 Å². The number of hydrogen-bond acceptors (Lipinski definition) is 3. The van der Waals surface area contributed by atoms with Gasteiger partial charge in [-0.25, -0.2) is 0 Å². The maximum Gasteiger partial charge on any atom is 0.0701 e. The van der Waals surface area contributed by atoms with Crippen LogP contribution in [0.2, 0.25) is 0 Å². The van der Waals surface area contributed by atoms with Gasteiger partial charge < -0.3 is 4.90 Å². The van der Waals surface area contributed by atoms with E-state index in [1.54, 1.807) is 17.5 Å². The zero-order valence-corrected chi connectivity index (χ0v) is 12.6. The van der Waals surface area contributed by atoms with Crippen molar-refractivity contribution in [3.63, 3.8) is 0 Å². The largest absolute Gasteiger partial charge is 0.369 e. The smallest absolute Gasteiger partial charge is 0.0701 e. The first-order chi connectivity index (χ1) is 7.65. The first kappa shape index (κ1) is 12.1. The first-order valence-corrected chi connectivity index (χ1v) is 7.16. The maximum atomic E-state index is 4.16. The Morgan fingerprint density at radius 1 is 1.31 bits per heavy atom. The Hall–Kier alpha value is -0.390. The number of pyridine rings is 1. The van der Waals surface area contributed by atoms with E-state index in [0.29, 0.717) is 0 Å². The lowest BCUT2D eigenvalue weighted by molar-refractivity contribution is 0.921. The van der Waals surface area contributed by atoms with E-state index in [1.807, 2.05) is 6.20 Å². The summed E-state index contributed by atoms with van der Waals surface area (Å²) in [7, 11) is 2.06. The number of aromatic nitrogens is 1. The molecule has 0 aliphatic rings. The fourth-order valence-electron chi connectivity index (χ4n) is 1.40. The van der Waals surface area contributed by atoms with Crippen LogP contribution in [0.5, 0.6) is 0 Å². The lowest BCUT2D eigenvalue weighted by atomic mass is 10.3. The molecule has 0 saturated carbocycles. The van der Waals surface area contributed by atoms with Gasteiger partial charge in [0.2, 0.25) is 0 Å². The van der Waals surface area contributed by atoms with E-state index in [2.05, 4.69) is 66.3 Å². The van der Waals surface area contributed by atoms with E-state index < -0.39 is 0 Å². The number of halogens is 2. The van der Waals surface area contributed by atoms with E-state index in [4.69, 9.17) is 0 Å². The maximum absolute atomic E-state index is 4.16. The van der Waals surface area contributed by atoms with E-state index in [-0.39, 0.29) is 0 Å². The zero-order valence-electron chi connectivity index (χ0n) is 8.65. The minimum Gasteiger partial charge on any atom is -0.369 e. The molecule has 2 heterocycles. The molecule has 0 bridgehead atoms. The lowest BCUT2D eigenvalue weighted by Gasteiger charge is -2.18. The molecular weight excluding hydrogens is 352 g/mol. The molecule has 0 N–H and O–H groups in total. The highest BCUT2D eigenvalue weighted by Gasteiger charge is 2.04. The number of rotatable bonds is 3. The summed E-state index contributed by atoms with van der Waals surface area (Å²) in [6.07, 6.45) is 3.66. The third kappa shape index (κ3) is 3.06. The summed E-state index contributed by atoms with van der Waals surface area (Å²) in [5, 5.41) is 2.16. The molecule has 0 radical (unpaired) electrons. The molecule has 0 fully saturated rings. The second-order valence-corrected chi connectivity index (χ2v) is 6.68. The van der Waals surface area contributed by atoms with Gasteiger partial charge in [-0.05, 0) is 54.9 Å². The highest BCUT2D eigenvalue weighted by atomic mass is 79.9. The molecule has 0 amide bonds. The minimum atomic E-state index is 0.889. The van der Waals surface area contributed by atoms with Gasteiger partial charge in [-0.1, -0.05) is 0 Å². The first-order valence-electron chi connectivity index (χ1n) is 4.70. The van der Waals surface area contributed by atoms with Gasteiger partial charge >= 0.3 is 0 Å². The molecule has 5 heteroatoms. The highest BCUT2D eigenvalue weighted by Crippen LogP contribution is 2.24. The molecule has 2 rings (SSSR count). The average Bonchev–Trinajstić information content (AvgIpc) is 2.64. The van der Waals surface area contributed by atoms with Crippen molar-refractivity contribution in [2.45, 2.75) is 6.54 Å². The zero-order chi connectivity index (χ0) is 11.5. The molecule has 0 spiro atoms. The highest BCUT2D eigenvalue weighted by molar-refractivity contribution is 9.11. The average molecular weight is 362 g/mol. The molecule has 2 aromatic heterocycles. The molecule has 2 nitrogen and oxygen atoms in total. The third-order valence-electron chi connectivity index (χ3n) is 2.17. The summed E-state index contributed by atoms with van der Waals surface area (Å²) >= 11 is 8.61. The Morgan fingerprint density at radius 2 is 2.12 bits per heavy atom. The quantitative estimate of drug-likeness (QED) is 0.809. The fourth-order valence-corrected chi connectivity index (χ4v) is 2.96. The number of nitrogens with zero attached hydrogens (tertiary/aromatic N) is 2. The molecule has 0 atom stereocenters. The van der Waals surface area contributed by atoms with Crippen molar-refractivity contribution in [3.8, 4) is 0 Å². The minimum absolute atomic E-state index is 0.889. The van der Waals surface area contributed by atoms with Gasteiger partial charge in [-0.3, -0.25) is 4.98 Å². The van der Waals surface area contributed by atoms with Crippen LogP contribution in [0, 0.1) is 0 Å². The SMILES string of the molecule is CN(Cc1csc(Br)c1)c1cncc(Br)c1. The van der Waals surface area contributed by atoms with E-state index >= 15 is 0 Å². The van der Waals surface area contributed by atoms with Crippen LogP contribution in [-0.2, 0) is 6.54 Å². The molecule has 0 aliphatic heterocycles. The van der Waals surface area contributed by atoms with Crippen LogP contribution in [0.25, 0.3) is 0 Å². The molecule has 0 saturated heterocycles. The molecule has 0 aromatic carbocycles. The van der Waals surface area contributed by atoms with Gasteiger partial charge in [-0.2, -0.15) is 0 Å². The Balaban J connectivity index is 2.11. The van der Waals surface area contributed by atoms with Crippen molar-refractivity contribution in [1.29, 1.82) is 0 Å². The normalized spacial score (nSPS) is 10.4. The molecule has 0 aliphatic carbocycles. The topological polar surface area (TPSA) is 16.1 Å². The van der Waals surface area contributed by atoms with Crippen LogP contribution in [0.15, 0.2) is 38.2 Å². The summed E-state index contributed by atoms with van der Waals surface area (Å²) in [4.78, 5) is 6.33. The van der Waals surface area contributed by atoms with Crippen molar-refractivity contribution in [1.82, 2.24) is 4.98 Å². The molecule has 0 unspecified atom stereocenters. The number of anilines is 1. The van der Waals surface area contributed by atoms with Crippen molar-refractivity contribution >= 4 is 48.9 Å². The van der Waals surface area contributed by atoms with Gasteiger partial charge in [0, 0.05) is 24.3 Å². The Morgan fingerprint density at radius 3 is 2.75 bits per heavy atom. The third-order valence-corrected chi connectivity index (χ3v) is 4.16. The van der Waals surface area contributed by atoms with Gasteiger partial charge in [0.25, 0.3) is 0 Å². The van der Waals surface area contributed by atoms with Gasteiger partial charge in [-0.15, -0.1) is 11.3 Å². The Bertz CT molecular complexity index is 484. The van der Waals surface area contributed by atoms with Crippen molar-refractivity contribution in [2.75, 3.05) is 11.9 Å². The standard InChI is InChI=1S/C11H10Br2N2S/c1-15(6-8-2-11(13)16-7-8)10-3-9(12)4-14-5-10/h2-5,7H,6H2,1H3. The van der Waals surface area contributed by atoms with Crippen LogP contribution in [0.3, 0.4) is 0 Å². The van der Waals surface area contributed by atoms with Crippen LogP contribution in [-0.4, -0.2) is 12.0 Å². The Kier molecular flexibility index (Phi) is 4.00. The fraction of sp³-hybridized carbons (Fsp3) is 0.182. The molecular formula is C11H10Br2N2S. The summed E-state index contributed by atoms with van der Waals surface area (Å²) < 4.78 is 2.17. The van der Waals surface area contributed by atoms with E-state index in [1.165, 1.54) is 9.35 Å². The second kappa shape index (κ2) is 5.29. The van der Waals surface area contributed by atoms with Crippen molar-refractivity contribution in [2.24, 2.45) is 0 Å². The summed E-state index contributed by atoms with van der Waals surface area (Å²) in [5.41, 5.74) is 2.41. The number of hydrogen-bond donors (Lipinski definition) is 0. The van der Waals surface area contributed by atoms with E-state index in [9.17, 15) is 0 Å². The lowest BCUT2D eigenvalue weighted by Crippen LogP contribution is -2.15. The predicted molar refractivity (Wildman–Crippen MR) is 76.1 cm³/mol. The molecule has 16 heavy (non-hydrogen) atoms. The summed E-state index contributed by atoms with van der Waals surface area (Å²) in [5.74, 6) is 0. The Labute approximate surface area is 116 Å². The van der Waals surface area contributed by atoms with Crippen molar-refractivity contribution < 1.29 is 0 Å². The van der Waals surface area contributed by atoms with Gasteiger partial charge in [0.15, 0.2) is 0 Å². The number of thiophene rings is 1. The van der Waals surface area contributed by atoms with Gasteiger partial charge in [0.1, 0.15) is 0 Å².